The molecule has 0 amide bonds. The minimum absolute atomic E-state index is 0.165. The number of hydrogen-bond donors (Lipinski definition) is 1. The molecule has 0 spiro atoms. The van der Waals surface area contributed by atoms with Crippen LogP contribution in [-0.4, -0.2) is 24.1 Å². The first-order chi connectivity index (χ1) is 9.54. The van der Waals surface area contributed by atoms with Gasteiger partial charge in [-0.25, -0.2) is 9.37 Å². The zero-order valence-corrected chi connectivity index (χ0v) is 13.0. The zero-order chi connectivity index (χ0) is 14.7. The predicted octanol–water partition coefficient (Wildman–Crippen LogP) is 3.20. The Bertz CT molecular complexity index is 449. The Balaban J connectivity index is 2.27. The van der Waals surface area contributed by atoms with Crippen molar-refractivity contribution in [3.63, 3.8) is 0 Å². The van der Waals surface area contributed by atoms with Crippen molar-refractivity contribution in [3.05, 3.63) is 23.6 Å². The van der Waals surface area contributed by atoms with Gasteiger partial charge in [0.15, 0.2) is 11.6 Å². The van der Waals surface area contributed by atoms with Crippen LogP contribution in [0.15, 0.2) is 12.3 Å². The van der Waals surface area contributed by atoms with Crippen LogP contribution in [0.3, 0.4) is 0 Å². The topological polar surface area (TPSA) is 28.2 Å². The van der Waals surface area contributed by atoms with E-state index in [0.717, 1.165) is 13.1 Å². The second-order valence-electron chi connectivity index (χ2n) is 6.10. The van der Waals surface area contributed by atoms with Crippen molar-refractivity contribution in [2.24, 2.45) is 11.8 Å². The minimum Gasteiger partial charge on any atom is -0.351 e. The summed E-state index contributed by atoms with van der Waals surface area (Å²) >= 11 is 0. The summed E-state index contributed by atoms with van der Waals surface area (Å²) in [7, 11) is 0. The maximum atomic E-state index is 14.7. The number of piperidine rings is 1. The SMILES string of the molecule is CCNCc1ccnc(N2CC(C)CC(C)C2C)c1F. The third kappa shape index (κ3) is 3.11. The number of halogens is 1. The molecule has 0 aromatic carbocycles. The fraction of sp³-hybridized carbons (Fsp3) is 0.688. The molecule has 4 heteroatoms. The molecule has 1 aliphatic rings. The Kier molecular flexibility index (Phi) is 4.97. The van der Waals surface area contributed by atoms with Gasteiger partial charge in [0.1, 0.15) is 0 Å². The van der Waals surface area contributed by atoms with Crippen LogP contribution >= 0.6 is 0 Å². The molecule has 1 N–H and O–H groups in total. The van der Waals surface area contributed by atoms with Gasteiger partial charge in [0.2, 0.25) is 0 Å². The van der Waals surface area contributed by atoms with Gasteiger partial charge in [0.25, 0.3) is 0 Å². The summed E-state index contributed by atoms with van der Waals surface area (Å²) < 4.78 is 14.7. The van der Waals surface area contributed by atoms with Crippen molar-refractivity contribution < 1.29 is 4.39 Å². The lowest BCUT2D eigenvalue weighted by Crippen LogP contribution is -2.46. The second kappa shape index (κ2) is 6.53. The van der Waals surface area contributed by atoms with Gasteiger partial charge in [-0.05, 0) is 37.8 Å². The number of anilines is 1. The van der Waals surface area contributed by atoms with Crippen LogP contribution in [0.2, 0.25) is 0 Å². The molecule has 0 radical (unpaired) electrons. The lowest BCUT2D eigenvalue weighted by atomic mass is 9.86. The van der Waals surface area contributed by atoms with Crippen molar-refractivity contribution >= 4 is 5.82 Å². The molecule has 2 heterocycles. The van der Waals surface area contributed by atoms with Gasteiger partial charge in [0.05, 0.1) is 0 Å². The van der Waals surface area contributed by atoms with E-state index in [1.807, 2.05) is 6.92 Å². The highest BCUT2D eigenvalue weighted by Crippen LogP contribution is 2.32. The Morgan fingerprint density at radius 1 is 1.40 bits per heavy atom. The highest BCUT2D eigenvalue weighted by Gasteiger charge is 2.31. The van der Waals surface area contributed by atoms with Crippen LogP contribution in [0.4, 0.5) is 10.2 Å². The minimum atomic E-state index is -0.165. The number of aromatic nitrogens is 1. The average Bonchev–Trinajstić information content (AvgIpc) is 2.42. The summed E-state index contributed by atoms with van der Waals surface area (Å²) in [4.78, 5) is 6.46. The van der Waals surface area contributed by atoms with Gasteiger partial charge in [-0.15, -0.1) is 0 Å². The molecule has 1 aliphatic heterocycles. The van der Waals surface area contributed by atoms with E-state index in [2.05, 4.69) is 36.0 Å². The third-order valence-corrected chi connectivity index (χ3v) is 4.39. The smallest absolute Gasteiger partial charge is 0.170 e. The van der Waals surface area contributed by atoms with E-state index >= 15 is 0 Å². The third-order valence-electron chi connectivity index (χ3n) is 4.39. The van der Waals surface area contributed by atoms with Gasteiger partial charge in [-0.3, -0.25) is 0 Å². The quantitative estimate of drug-likeness (QED) is 0.917. The summed E-state index contributed by atoms with van der Waals surface area (Å²) in [6, 6.07) is 2.10. The first-order valence-corrected chi connectivity index (χ1v) is 7.65. The first kappa shape index (κ1) is 15.2. The largest absolute Gasteiger partial charge is 0.351 e. The van der Waals surface area contributed by atoms with Gasteiger partial charge in [-0.1, -0.05) is 20.8 Å². The maximum Gasteiger partial charge on any atom is 0.170 e. The predicted molar refractivity (Wildman–Crippen MR) is 81.3 cm³/mol. The van der Waals surface area contributed by atoms with Crippen LogP contribution in [0.1, 0.15) is 39.7 Å². The molecule has 1 aromatic rings. The molecule has 3 nitrogen and oxygen atoms in total. The molecule has 0 aliphatic carbocycles. The molecule has 3 atom stereocenters. The Morgan fingerprint density at radius 3 is 2.85 bits per heavy atom. The Morgan fingerprint density at radius 2 is 2.15 bits per heavy atom. The zero-order valence-electron chi connectivity index (χ0n) is 13.0. The van der Waals surface area contributed by atoms with E-state index in [1.54, 1.807) is 12.3 Å². The number of nitrogens with zero attached hydrogens (tertiary/aromatic N) is 2. The summed E-state index contributed by atoms with van der Waals surface area (Å²) in [6.45, 7) is 11.0. The number of rotatable bonds is 4. The molecule has 1 saturated heterocycles. The molecule has 3 unspecified atom stereocenters. The van der Waals surface area contributed by atoms with E-state index in [1.165, 1.54) is 6.42 Å². The standard InChI is InChI=1S/C16H26FN3/c1-5-18-9-14-6-7-19-16(15(14)17)20-10-11(2)8-12(3)13(20)4/h6-7,11-13,18H,5,8-10H2,1-4H3. The second-order valence-corrected chi connectivity index (χ2v) is 6.10. The summed E-state index contributed by atoms with van der Waals surface area (Å²) in [5.41, 5.74) is 0.704. The molecule has 112 valence electrons. The summed E-state index contributed by atoms with van der Waals surface area (Å²) in [6.07, 6.45) is 2.93. The highest BCUT2D eigenvalue weighted by atomic mass is 19.1. The van der Waals surface area contributed by atoms with Gasteiger partial charge >= 0.3 is 0 Å². The van der Waals surface area contributed by atoms with E-state index in [-0.39, 0.29) is 5.82 Å². The number of hydrogen-bond acceptors (Lipinski definition) is 3. The van der Waals surface area contributed by atoms with Crippen LogP contribution in [-0.2, 0) is 6.54 Å². The maximum absolute atomic E-state index is 14.7. The molecular weight excluding hydrogens is 253 g/mol. The monoisotopic (exact) mass is 279 g/mol. The summed E-state index contributed by atoms with van der Waals surface area (Å²) in [5.74, 6) is 1.50. The number of pyridine rings is 1. The molecule has 1 aromatic heterocycles. The lowest BCUT2D eigenvalue weighted by Gasteiger charge is -2.42. The van der Waals surface area contributed by atoms with E-state index in [0.29, 0.717) is 35.8 Å². The molecule has 0 saturated carbocycles. The lowest BCUT2D eigenvalue weighted by molar-refractivity contribution is 0.293. The summed E-state index contributed by atoms with van der Waals surface area (Å²) in [5, 5.41) is 3.18. The Hall–Kier alpha value is -1.16. The molecular formula is C16H26FN3. The van der Waals surface area contributed by atoms with Crippen LogP contribution in [0.5, 0.6) is 0 Å². The molecule has 0 bridgehead atoms. The van der Waals surface area contributed by atoms with E-state index < -0.39 is 0 Å². The Labute approximate surface area is 121 Å². The molecule has 1 fully saturated rings. The fourth-order valence-electron chi connectivity index (χ4n) is 3.06. The van der Waals surface area contributed by atoms with E-state index in [9.17, 15) is 4.39 Å². The van der Waals surface area contributed by atoms with Crippen LogP contribution in [0.25, 0.3) is 0 Å². The van der Waals surface area contributed by atoms with Gasteiger partial charge < -0.3 is 10.2 Å². The van der Waals surface area contributed by atoms with Crippen LogP contribution < -0.4 is 10.2 Å². The van der Waals surface area contributed by atoms with E-state index in [4.69, 9.17) is 0 Å². The van der Waals surface area contributed by atoms with Crippen molar-refractivity contribution in [2.75, 3.05) is 18.0 Å². The van der Waals surface area contributed by atoms with Crippen molar-refractivity contribution in [2.45, 2.75) is 46.7 Å². The molecule has 20 heavy (non-hydrogen) atoms. The van der Waals surface area contributed by atoms with Crippen molar-refractivity contribution in [3.8, 4) is 0 Å². The van der Waals surface area contributed by atoms with Crippen molar-refractivity contribution in [1.82, 2.24) is 10.3 Å². The molecule has 2 rings (SSSR count). The fourth-order valence-corrected chi connectivity index (χ4v) is 3.06. The highest BCUT2D eigenvalue weighted by molar-refractivity contribution is 5.45. The normalized spacial score (nSPS) is 26.9. The van der Waals surface area contributed by atoms with Crippen molar-refractivity contribution in [1.29, 1.82) is 0 Å². The number of nitrogens with one attached hydrogen (secondary N) is 1. The first-order valence-electron chi connectivity index (χ1n) is 7.65. The van der Waals surface area contributed by atoms with Crippen LogP contribution in [0, 0.1) is 17.7 Å². The average molecular weight is 279 g/mol. The van der Waals surface area contributed by atoms with Gasteiger partial charge in [-0.2, -0.15) is 0 Å². The van der Waals surface area contributed by atoms with Gasteiger partial charge in [0, 0.05) is 30.9 Å².